The molecule has 1 aromatic rings. The molecular weight excluding hydrogens is 256 g/mol. The molecule has 0 aliphatic rings. The van der Waals surface area contributed by atoms with E-state index < -0.39 is 0 Å². The van der Waals surface area contributed by atoms with Crippen molar-refractivity contribution in [2.45, 2.75) is 12.8 Å². The Morgan fingerprint density at radius 2 is 1.73 bits per heavy atom. The van der Waals surface area contributed by atoms with Gasteiger partial charge in [-0.05, 0) is 35.0 Å². The van der Waals surface area contributed by atoms with Crippen molar-refractivity contribution in [2.24, 2.45) is 0 Å². The molecule has 0 fully saturated rings. The van der Waals surface area contributed by atoms with Gasteiger partial charge < -0.3 is 9.47 Å². The molecule has 0 aromatic heterocycles. The van der Waals surface area contributed by atoms with Crippen molar-refractivity contribution in [1.82, 2.24) is 0 Å². The molecular formula is C12H15BrO2. The molecule has 82 valence electrons. The lowest BCUT2D eigenvalue weighted by Crippen LogP contribution is -1.91. The van der Waals surface area contributed by atoms with Gasteiger partial charge in [0.05, 0.1) is 14.2 Å². The molecule has 0 heterocycles. The number of ether oxygens (including phenoxy) is 2. The minimum Gasteiger partial charge on any atom is -0.497 e. The Hall–Kier alpha value is -0.960. The van der Waals surface area contributed by atoms with Crippen molar-refractivity contribution in [3.05, 3.63) is 34.8 Å². The van der Waals surface area contributed by atoms with Crippen LogP contribution in [0, 0.1) is 0 Å². The summed E-state index contributed by atoms with van der Waals surface area (Å²) in [4.78, 5) is 0. The molecule has 0 aliphatic carbocycles. The summed E-state index contributed by atoms with van der Waals surface area (Å²) in [5.74, 6) is 1.65. The molecule has 0 saturated heterocycles. The number of halogens is 1. The molecule has 0 radical (unpaired) electrons. The fourth-order valence-electron chi connectivity index (χ4n) is 1.29. The topological polar surface area (TPSA) is 18.5 Å². The molecule has 1 aromatic carbocycles. The van der Waals surface area contributed by atoms with Crippen molar-refractivity contribution in [2.75, 3.05) is 14.2 Å². The van der Waals surface area contributed by atoms with Gasteiger partial charge in [0.1, 0.15) is 11.5 Å². The number of rotatable bonds is 5. The van der Waals surface area contributed by atoms with Crippen LogP contribution in [0.3, 0.4) is 0 Å². The summed E-state index contributed by atoms with van der Waals surface area (Å²) in [6.45, 7) is 3.81. The lowest BCUT2D eigenvalue weighted by Gasteiger charge is -2.08. The standard InChI is InChI=1S/C12H15BrO2/c1-9(13)4-5-10-6-11(14-2)8-12(7-10)15-3/h6-8H,1,4-5H2,2-3H3. The summed E-state index contributed by atoms with van der Waals surface area (Å²) in [5.41, 5.74) is 1.19. The van der Waals surface area contributed by atoms with E-state index in [1.165, 1.54) is 5.56 Å². The predicted molar refractivity (Wildman–Crippen MR) is 65.9 cm³/mol. The molecule has 0 atom stereocenters. The lowest BCUT2D eigenvalue weighted by atomic mass is 10.1. The number of hydrogen-bond donors (Lipinski definition) is 0. The molecule has 0 amide bonds. The van der Waals surface area contributed by atoms with E-state index in [0.29, 0.717) is 0 Å². The normalized spacial score (nSPS) is 9.80. The van der Waals surface area contributed by atoms with E-state index in [9.17, 15) is 0 Å². The van der Waals surface area contributed by atoms with Gasteiger partial charge >= 0.3 is 0 Å². The second-order valence-corrected chi connectivity index (χ2v) is 4.36. The summed E-state index contributed by atoms with van der Waals surface area (Å²) in [7, 11) is 3.31. The van der Waals surface area contributed by atoms with Gasteiger partial charge in [-0.2, -0.15) is 0 Å². The van der Waals surface area contributed by atoms with Crippen LogP contribution in [-0.2, 0) is 6.42 Å². The summed E-state index contributed by atoms with van der Waals surface area (Å²) >= 11 is 3.35. The SMILES string of the molecule is C=C(Br)CCc1cc(OC)cc(OC)c1. The van der Waals surface area contributed by atoms with Crippen molar-refractivity contribution in [3.63, 3.8) is 0 Å². The van der Waals surface area contributed by atoms with E-state index in [2.05, 4.69) is 22.5 Å². The van der Waals surface area contributed by atoms with Crippen molar-refractivity contribution >= 4 is 15.9 Å². The largest absolute Gasteiger partial charge is 0.497 e. The lowest BCUT2D eigenvalue weighted by molar-refractivity contribution is 0.393. The minimum atomic E-state index is 0.824. The van der Waals surface area contributed by atoms with E-state index in [1.807, 2.05) is 18.2 Å². The number of aryl methyl sites for hydroxylation is 1. The smallest absolute Gasteiger partial charge is 0.122 e. The Kier molecular flexibility index (Phi) is 4.69. The van der Waals surface area contributed by atoms with E-state index in [0.717, 1.165) is 28.8 Å². The van der Waals surface area contributed by atoms with Crippen LogP contribution < -0.4 is 9.47 Å². The Labute approximate surface area is 99.0 Å². The van der Waals surface area contributed by atoms with Crippen LogP contribution >= 0.6 is 15.9 Å². The Morgan fingerprint density at radius 3 is 2.13 bits per heavy atom. The second-order valence-electron chi connectivity index (χ2n) is 3.24. The van der Waals surface area contributed by atoms with Crippen molar-refractivity contribution in [1.29, 1.82) is 0 Å². The third kappa shape index (κ3) is 3.96. The molecule has 0 bridgehead atoms. The van der Waals surface area contributed by atoms with Gasteiger partial charge in [-0.25, -0.2) is 0 Å². The summed E-state index contributed by atoms with van der Waals surface area (Å²) in [5, 5.41) is 0. The average molecular weight is 271 g/mol. The summed E-state index contributed by atoms with van der Waals surface area (Å²) in [6, 6.07) is 5.89. The number of methoxy groups -OCH3 is 2. The maximum atomic E-state index is 5.19. The van der Waals surface area contributed by atoms with Gasteiger partial charge in [-0.15, -0.1) is 0 Å². The van der Waals surface area contributed by atoms with Gasteiger partial charge in [-0.3, -0.25) is 0 Å². The van der Waals surface area contributed by atoms with Crippen molar-refractivity contribution in [3.8, 4) is 11.5 Å². The summed E-state index contributed by atoms with van der Waals surface area (Å²) < 4.78 is 11.4. The van der Waals surface area contributed by atoms with E-state index in [1.54, 1.807) is 14.2 Å². The Balaban J connectivity index is 2.81. The van der Waals surface area contributed by atoms with Crippen LogP contribution in [0.2, 0.25) is 0 Å². The zero-order valence-electron chi connectivity index (χ0n) is 9.05. The van der Waals surface area contributed by atoms with Crippen LogP contribution in [-0.4, -0.2) is 14.2 Å². The van der Waals surface area contributed by atoms with E-state index >= 15 is 0 Å². The van der Waals surface area contributed by atoms with Gasteiger partial charge in [-0.1, -0.05) is 22.5 Å². The third-order valence-electron chi connectivity index (χ3n) is 2.10. The minimum absolute atomic E-state index is 0.824. The van der Waals surface area contributed by atoms with Crippen LogP contribution in [0.25, 0.3) is 0 Å². The zero-order chi connectivity index (χ0) is 11.3. The highest BCUT2D eigenvalue weighted by atomic mass is 79.9. The highest BCUT2D eigenvalue weighted by molar-refractivity contribution is 9.11. The highest BCUT2D eigenvalue weighted by Gasteiger charge is 2.02. The Bertz CT molecular complexity index is 325. The molecule has 0 spiro atoms. The quantitative estimate of drug-likeness (QED) is 0.815. The first-order valence-electron chi connectivity index (χ1n) is 4.71. The van der Waals surface area contributed by atoms with E-state index in [-0.39, 0.29) is 0 Å². The van der Waals surface area contributed by atoms with Crippen LogP contribution in [0.5, 0.6) is 11.5 Å². The fraction of sp³-hybridized carbons (Fsp3) is 0.333. The monoisotopic (exact) mass is 270 g/mol. The van der Waals surface area contributed by atoms with Crippen molar-refractivity contribution < 1.29 is 9.47 Å². The molecule has 0 unspecified atom stereocenters. The van der Waals surface area contributed by atoms with Crippen LogP contribution in [0.1, 0.15) is 12.0 Å². The fourth-order valence-corrected chi connectivity index (χ4v) is 1.49. The Morgan fingerprint density at radius 1 is 1.20 bits per heavy atom. The first-order valence-corrected chi connectivity index (χ1v) is 5.50. The first kappa shape index (κ1) is 12.1. The molecule has 0 aliphatic heterocycles. The number of benzene rings is 1. The average Bonchev–Trinajstić information content (AvgIpc) is 2.25. The molecule has 1 rings (SSSR count). The van der Waals surface area contributed by atoms with Gasteiger partial charge in [0.2, 0.25) is 0 Å². The maximum absolute atomic E-state index is 5.19. The molecule has 3 heteroatoms. The second kappa shape index (κ2) is 5.81. The third-order valence-corrected chi connectivity index (χ3v) is 2.49. The van der Waals surface area contributed by atoms with Gasteiger partial charge in [0.15, 0.2) is 0 Å². The van der Waals surface area contributed by atoms with E-state index in [4.69, 9.17) is 9.47 Å². The first-order chi connectivity index (χ1) is 7.15. The molecule has 0 N–H and O–H groups in total. The highest BCUT2D eigenvalue weighted by Crippen LogP contribution is 2.24. The maximum Gasteiger partial charge on any atom is 0.122 e. The predicted octanol–water partition coefficient (Wildman–Crippen LogP) is 3.55. The van der Waals surface area contributed by atoms with Crippen LogP contribution in [0.15, 0.2) is 29.3 Å². The summed E-state index contributed by atoms with van der Waals surface area (Å²) in [6.07, 6.45) is 1.84. The number of allylic oxidation sites excluding steroid dienone is 1. The molecule has 2 nitrogen and oxygen atoms in total. The van der Waals surface area contributed by atoms with Crippen LogP contribution in [0.4, 0.5) is 0 Å². The zero-order valence-corrected chi connectivity index (χ0v) is 10.6. The molecule has 15 heavy (non-hydrogen) atoms. The molecule has 0 saturated carbocycles. The number of hydrogen-bond acceptors (Lipinski definition) is 2. The van der Waals surface area contributed by atoms with Gasteiger partial charge in [0.25, 0.3) is 0 Å². The van der Waals surface area contributed by atoms with Gasteiger partial charge in [0, 0.05) is 6.07 Å².